The van der Waals surface area contributed by atoms with Crippen LogP contribution in [0, 0.1) is 21.4 Å². The fourth-order valence-electron chi connectivity index (χ4n) is 2.68. The number of aliphatic hydroxyl groups is 1. The quantitative estimate of drug-likeness (QED) is 0.599. The Morgan fingerprint density at radius 2 is 2.38 bits per heavy atom. The lowest BCUT2D eigenvalue weighted by atomic mass is 10.1. The van der Waals surface area contributed by atoms with E-state index in [1.165, 1.54) is 6.07 Å². The number of nitriles is 1. The Balaban J connectivity index is 2.34. The number of nitrogens with one attached hydrogen (secondary N) is 1. The van der Waals surface area contributed by atoms with E-state index >= 15 is 0 Å². The van der Waals surface area contributed by atoms with Gasteiger partial charge in [0.1, 0.15) is 17.3 Å². The molecule has 0 radical (unpaired) electrons. The fraction of sp³-hybridized carbons (Fsp3) is 0.500. The lowest BCUT2D eigenvalue weighted by Gasteiger charge is -2.27. The molecule has 7 nitrogen and oxygen atoms in total. The van der Waals surface area contributed by atoms with Gasteiger partial charge in [0.05, 0.1) is 11.5 Å². The van der Waals surface area contributed by atoms with Crippen molar-refractivity contribution in [2.75, 3.05) is 31.1 Å². The van der Waals surface area contributed by atoms with Crippen LogP contribution >= 0.6 is 0 Å². The van der Waals surface area contributed by atoms with Crippen molar-refractivity contribution >= 4 is 11.4 Å². The number of nitrogens with zero attached hydrogens (tertiary/aromatic N) is 3. The lowest BCUT2D eigenvalue weighted by Crippen LogP contribution is -2.39. The summed E-state index contributed by atoms with van der Waals surface area (Å²) in [5.74, 6) is 0. The molecule has 2 N–H and O–H groups in total. The first kappa shape index (κ1) is 15.2. The third-order valence-electron chi connectivity index (χ3n) is 3.63. The third kappa shape index (κ3) is 3.48. The Hall–Kier alpha value is -2.17. The Bertz CT molecular complexity index is 550. The average molecular weight is 290 g/mol. The predicted molar refractivity (Wildman–Crippen MR) is 78.1 cm³/mol. The maximum Gasteiger partial charge on any atom is 0.310 e. The number of hydrogen-bond donors (Lipinski definition) is 2. The Morgan fingerprint density at radius 3 is 2.95 bits per heavy atom. The van der Waals surface area contributed by atoms with Crippen LogP contribution in [0.3, 0.4) is 0 Å². The number of aliphatic hydroxyl groups excluding tert-OH is 1. The van der Waals surface area contributed by atoms with E-state index in [0.29, 0.717) is 18.8 Å². The second kappa shape index (κ2) is 7.02. The number of hydrogen-bond acceptors (Lipinski definition) is 6. The van der Waals surface area contributed by atoms with E-state index in [2.05, 4.69) is 5.32 Å². The number of nitro groups is 1. The standard InChI is InChI=1S/C14H18N4O3/c15-9-11-3-1-5-13(14(11)18(20)21)17(7-8-19)10-12-4-2-6-16-12/h1,3,5,12,16,19H,2,4,6-8,10H2. The highest BCUT2D eigenvalue weighted by Gasteiger charge is 2.26. The molecule has 7 heteroatoms. The van der Waals surface area contributed by atoms with Crippen LogP contribution in [0.1, 0.15) is 18.4 Å². The third-order valence-corrected chi connectivity index (χ3v) is 3.63. The zero-order chi connectivity index (χ0) is 15.2. The first-order valence-corrected chi connectivity index (χ1v) is 6.94. The summed E-state index contributed by atoms with van der Waals surface area (Å²) in [6.45, 7) is 1.72. The molecule has 0 spiro atoms. The van der Waals surface area contributed by atoms with Gasteiger partial charge in [-0.2, -0.15) is 5.26 Å². The molecule has 0 aromatic heterocycles. The van der Waals surface area contributed by atoms with Crippen molar-refractivity contribution in [1.82, 2.24) is 5.32 Å². The van der Waals surface area contributed by atoms with Crippen molar-refractivity contribution in [3.8, 4) is 6.07 Å². The maximum atomic E-state index is 11.3. The van der Waals surface area contributed by atoms with Crippen LogP contribution < -0.4 is 10.2 Å². The minimum absolute atomic E-state index is 0.0415. The van der Waals surface area contributed by atoms with E-state index < -0.39 is 4.92 Å². The van der Waals surface area contributed by atoms with E-state index in [-0.39, 0.29) is 23.9 Å². The van der Waals surface area contributed by atoms with Gasteiger partial charge in [-0.05, 0) is 31.5 Å². The average Bonchev–Trinajstić information content (AvgIpc) is 2.98. The molecule has 1 saturated heterocycles. The summed E-state index contributed by atoms with van der Waals surface area (Å²) in [5, 5.41) is 32.9. The van der Waals surface area contributed by atoms with Crippen LogP contribution in [0.2, 0.25) is 0 Å². The zero-order valence-corrected chi connectivity index (χ0v) is 11.7. The van der Waals surface area contributed by atoms with Crippen molar-refractivity contribution < 1.29 is 10.0 Å². The van der Waals surface area contributed by atoms with E-state index in [9.17, 15) is 15.2 Å². The lowest BCUT2D eigenvalue weighted by molar-refractivity contribution is -0.384. The van der Waals surface area contributed by atoms with Crippen LogP contribution in [-0.4, -0.2) is 42.3 Å². The minimum atomic E-state index is -0.527. The van der Waals surface area contributed by atoms with Gasteiger partial charge in [-0.1, -0.05) is 6.07 Å². The van der Waals surface area contributed by atoms with Crippen molar-refractivity contribution in [3.63, 3.8) is 0 Å². The number of para-hydroxylation sites is 1. The maximum absolute atomic E-state index is 11.3. The van der Waals surface area contributed by atoms with Gasteiger partial charge in [0, 0.05) is 19.1 Å². The SMILES string of the molecule is N#Cc1cccc(N(CCO)CC2CCCN2)c1[N+](=O)[O-]. The predicted octanol–water partition coefficient (Wildman–Crippen LogP) is 1.02. The van der Waals surface area contributed by atoms with Crippen LogP contribution in [0.4, 0.5) is 11.4 Å². The molecule has 0 bridgehead atoms. The molecule has 1 aliphatic rings. The number of nitro benzene ring substituents is 1. The summed E-state index contributed by atoms with van der Waals surface area (Å²) in [6.07, 6.45) is 2.09. The second-order valence-corrected chi connectivity index (χ2v) is 5.01. The number of benzene rings is 1. The summed E-state index contributed by atoms with van der Waals surface area (Å²) in [4.78, 5) is 12.5. The van der Waals surface area contributed by atoms with Gasteiger partial charge in [-0.15, -0.1) is 0 Å². The molecule has 1 aliphatic heterocycles. The van der Waals surface area contributed by atoms with Gasteiger partial charge < -0.3 is 15.3 Å². The molecule has 0 saturated carbocycles. The van der Waals surface area contributed by atoms with E-state index in [1.807, 2.05) is 6.07 Å². The van der Waals surface area contributed by atoms with Gasteiger partial charge in [0.15, 0.2) is 0 Å². The molecule has 1 fully saturated rings. The van der Waals surface area contributed by atoms with Gasteiger partial charge in [0.2, 0.25) is 0 Å². The molecular formula is C14H18N4O3. The highest BCUT2D eigenvalue weighted by molar-refractivity contribution is 5.70. The molecule has 1 aromatic rings. The van der Waals surface area contributed by atoms with Crippen LogP contribution in [0.15, 0.2) is 18.2 Å². The molecule has 112 valence electrons. The first-order valence-electron chi connectivity index (χ1n) is 6.94. The summed E-state index contributed by atoms with van der Waals surface area (Å²) in [7, 11) is 0. The van der Waals surface area contributed by atoms with Gasteiger partial charge >= 0.3 is 5.69 Å². The van der Waals surface area contributed by atoms with Gasteiger partial charge in [-0.25, -0.2) is 0 Å². The van der Waals surface area contributed by atoms with Crippen LogP contribution in [0.5, 0.6) is 0 Å². The molecule has 0 amide bonds. The smallest absolute Gasteiger partial charge is 0.310 e. The largest absolute Gasteiger partial charge is 0.395 e. The first-order chi connectivity index (χ1) is 10.2. The number of anilines is 1. The molecular weight excluding hydrogens is 272 g/mol. The van der Waals surface area contributed by atoms with Crippen LogP contribution in [-0.2, 0) is 0 Å². The van der Waals surface area contributed by atoms with Crippen molar-refractivity contribution in [2.24, 2.45) is 0 Å². The minimum Gasteiger partial charge on any atom is -0.395 e. The van der Waals surface area contributed by atoms with Crippen molar-refractivity contribution in [1.29, 1.82) is 5.26 Å². The highest BCUT2D eigenvalue weighted by Crippen LogP contribution is 2.31. The van der Waals surface area contributed by atoms with Crippen molar-refractivity contribution in [2.45, 2.75) is 18.9 Å². The summed E-state index contributed by atoms with van der Waals surface area (Å²) < 4.78 is 0. The molecule has 1 unspecified atom stereocenters. The van der Waals surface area contributed by atoms with E-state index in [1.54, 1.807) is 17.0 Å². The molecule has 2 rings (SSSR count). The Kier molecular flexibility index (Phi) is 5.09. The van der Waals surface area contributed by atoms with Crippen molar-refractivity contribution in [3.05, 3.63) is 33.9 Å². The van der Waals surface area contributed by atoms with E-state index in [4.69, 9.17) is 5.26 Å². The van der Waals surface area contributed by atoms with Gasteiger partial charge in [-0.3, -0.25) is 10.1 Å². The Labute approximate surface area is 122 Å². The molecule has 1 atom stereocenters. The summed E-state index contributed by atoms with van der Waals surface area (Å²) in [6, 6.07) is 6.81. The fourth-order valence-corrected chi connectivity index (χ4v) is 2.68. The topological polar surface area (TPSA) is 102 Å². The summed E-state index contributed by atoms with van der Waals surface area (Å²) >= 11 is 0. The molecule has 1 aromatic carbocycles. The molecule has 21 heavy (non-hydrogen) atoms. The van der Waals surface area contributed by atoms with E-state index in [0.717, 1.165) is 19.4 Å². The highest BCUT2D eigenvalue weighted by atomic mass is 16.6. The normalized spacial score (nSPS) is 17.4. The number of rotatable bonds is 6. The monoisotopic (exact) mass is 290 g/mol. The van der Waals surface area contributed by atoms with Crippen LogP contribution in [0.25, 0.3) is 0 Å². The molecule has 1 heterocycles. The second-order valence-electron chi connectivity index (χ2n) is 5.01. The Morgan fingerprint density at radius 1 is 1.57 bits per heavy atom. The zero-order valence-electron chi connectivity index (χ0n) is 11.7. The summed E-state index contributed by atoms with van der Waals surface area (Å²) in [5.41, 5.74) is 0.244. The molecule has 0 aliphatic carbocycles. The van der Waals surface area contributed by atoms with Gasteiger partial charge in [0.25, 0.3) is 0 Å².